The van der Waals surface area contributed by atoms with Crippen molar-refractivity contribution in [2.75, 3.05) is 20.3 Å². The Bertz CT molecular complexity index is 756. The molecule has 0 radical (unpaired) electrons. The third-order valence-corrected chi connectivity index (χ3v) is 3.96. The topological polar surface area (TPSA) is 45.5 Å². The Hall–Kier alpha value is -2.58. The fourth-order valence-electron chi connectivity index (χ4n) is 2.61. The molecular formula is C20H23FN2O2. The Morgan fingerprint density at radius 2 is 1.88 bits per heavy atom. The Morgan fingerprint density at radius 3 is 2.48 bits per heavy atom. The highest BCUT2D eigenvalue weighted by Gasteiger charge is 2.12. The van der Waals surface area contributed by atoms with Crippen LogP contribution in [-0.2, 0) is 13.1 Å². The number of nitrogens with zero attached hydrogens (tertiary/aromatic N) is 2. The van der Waals surface area contributed by atoms with Gasteiger partial charge in [0.05, 0.1) is 25.3 Å². The molecule has 0 fully saturated rings. The highest BCUT2D eigenvalue weighted by molar-refractivity contribution is 5.43. The summed E-state index contributed by atoms with van der Waals surface area (Å²) >= 11 is 0. The smallest absolute Gasteiger partial charge is 0.161 e. The molecule has 0 unspecified atom stereocenters. The van der Waals surface area contributed by atoms with E-state index in [0.29, 0.717) is 36.6 Å². The standard InChI is InChI=1S/C20H23FN2O2/c1-4-23(14-17-8-6-15(12-22)10-18(17)21)13-16-7-9-19(25-5-2)20(11-16)24-3/h6-11H,4-5,13-14H2,1-3H3. The summed E-state index contributed by atoms with van der Waals surface area (Å²) in [7, 11) is 1.62. The number of methoxy groups -OCH3 is 1. The zero-order valence-corrected chi connectivity index (χ0v) is 14.9. The van der Waals surface area contributed by atoms with Gasteiger partial charge in [-0.3, -0.25) is 4.90 Å². The summed E-state index contributed by atoms with van der Waals surface area (Å²) in [6, 6.07) is 12.4. The summed E-state index contributed by atoms with van der Waals surface area (Å²) < 4.78 is 25.0. The predicted octanol–water partition coefficient (Wildman–Crippen LogP) is 4.13. The van der Waals surface area contributed by atoms with Crippen molar-refractivity contribution < 1.29 is 13.9 Å². The fourth-order valence-corrected chi connectivity index (χ4v) is 2.61. The van der Waals surface area contributed by atoms with Crippen LogP contribution in [0.25, 0.3) is 0 Å². The van der Waals surface area contributed by atoms with Crippen LogP contribution in [0.4, 0.5) is 4.39 Å². The summed E-state index contributed by atoms with van der Waals surface area (Å²) in [4.78, 5) is 2.12. The van der Waals surface area contributed by atoms with Crippen LogP contribution < -0.4 is 9.47 Å². The molecule has 2 aromatic carbocycles. The molecule has 25 heavy (non-hydrogen) atoms. The van der Waals surface area contributed by atoms with Gasteiger partial charge < -0.3 is 9.47 Å². The molecule has 0 amide bonds. The first-order chi connectivity index (χ1) is 12.1. The van der Waals surface area contributed by atoms with Crippen LogP contribution in [0.5, 0.6) is 11.5 Å². The van der Waals surface area contributed by atoms with Gasteiger partial charge >= 0.3 is 0 Å². The van der Waals surface area contributed by atoms with Crippen molar-refractivity contribution in [1.82, 2.24) is 4.90 Å². The Labute approximate surface area is 148 Å². The van der Waals surface area contributed by atoms with Gasteiger partial charge in [0.15, 0.2) is 11.5 Å². The molecule has 5 heteroatoms. The maximum atomic E-state index is 14.1. The van der Waals surface area contributed by atoms with Crippen molar-refractivity contribution in [3.8, 4) is 17.6 Å². The van der Waals surface area contributed by atoms with Crippen LogP contribution in [0.3, 0.4) is 0 Å². The van der Waals surface area contributed by atoms with Gasteiger partial charge in [-0.05, 0) is 43.3 Å². The Kier molecular flexibility index (Phi) is 6.79. The quantitative estimate of drug-likeness (QED) is 0.724. The van der Waals surface area contributed by atoms with Gasteiger partial charge in [0, 0.05) is 18.7 Å². The van der Waals surface area contributed by atoms with Crippen molar-refractivity contribution in [1.29, 1.82) is 5.26 Å². The molecule has 0 aromatic heterocycles. The van der Waals surface area contributed by atoms with Crippen molar-refractivity contribution in [2.24, 2.45) is 0 Å². The number of halogens is 1. The molecule has 2 aromatic rings. The average Bonchev–Trinajstić information content (AvgIpc) is 2.63. The first-order valence-corrected chi connectivity index (χ1v) is 8.31. The summed E-state index contributed by atoms with van der Waals surface area (Å²) in [6.45, 7) is 6.46. The summed E-state index contributed by atoms with van der Waals surface area (Å²) in [6.07, 6.45) is 0. The fraction of sp³-hybridized carbons (Fsp3) is 0.350. The first-order valence-electron chi connectivity index (χ1n) is 8.31. The molecule has 0 heterocycles. The lowest BCUT2D eigenvalue weighted by molar-refractivity contribution is 0.266. The molecule has 0 spiro atoms. The Balaban J connectivity index is 2.13. The van der Waals surface area contributed by atoms with Crippen LogP contribution in [0, 0.1) is 17.1 Å². The SMILES string of the molecule is CCOc1ccc(CN(CC)Cc2ccc(C#N)cc2F)cc1OC. The predicted molar refractivity (Wildman–Crippen MR) is 95.1 cm³/mol. The zero-order valence-electron chi connectivity index (χ0n) is 14.9. The zero-order chi connectivity index (χ0) is 18.2. The number of rotatable bonds is 8. The second kappa shape index (κ2) is 9.05. The molecular weight excluding hydrogens is 319 g/mol. The molecule has 0 N–H and O–H groups in total. The molecule has 0 bridgehead atoms. The average molecular weight is 342 g/mol. The van der Waals surface area contributed by atoms with Gasteiger partial charge in [-0.25, -0.2) is 4.39 Å². The highest BCUT2D eigenvalue weighted by Crippen LogP contribution is 2.28. The second-order valence-corrected chi connectivity index (χ2v) is 5.64. The lowest BCUT2D eigenvalue weighted by atomic mass is 10.1. The normalized spacial score (nSPS) is 10.6. The van der Waals surface area contributed by atoms with E-state index >= 15 is 0 Å². The molecule has 0 saturated heterocycles. The van der Waals surface area contributed by atoms with Gasteiger partial charge in [0.1, 0.15) is 5.82 Å². The minimum Gasteiger partial charge on any atom is -0.493 e. The lowest BCUT2D eigenvalue weighted by Crippen LogP contribution is -2.23. The van der Waals surface area contributed by atoms with Crippen molar-refractivity contribution >= 4 is 0 Å². The number of nitriles is 1. The van der Waals surface area contributed by atoms with E-state index in [4.69, 9.17) is 14.7 Å². The maximum absolute atomic E-state index is 14.1. The van der Waals surface area contributed by atoms with Crippen LogP contribution in [0.1, 0.15) is 30.5 Å². The molecule has 0 atom stereocenters. The van der Waals surface area contributed by atoms with E-state index in [9.17, 15) is 4.39 Å². The van der Waals surface area contributed by atoms with E-state index in [2.05, 4.69) is 4.90 Å². The largest absolute Gasteiger partial charge is 0.493 e. The van der Waals surface area contributed by atoms with E-state index in [0.717, 1.165) is 17.9 Å². The molecule has 0 aliphatic carbocycles. The second-order valence-electron chi connectivity index (χ2n) is 5.64. The van der Waals surface area contributed by atoms with Crippen LogP contribution in [0.2, 0.25) is 0 Å². The summed E-state index contributed by atoms with van der Waals surface area (Å²) in [5, 5.41) is 8.84. The number of benzene rings is 2. The Morgan fingerprint density at radius 1 is 1.08 bits per heavy atom. The molecule has 0 aliphatic rings. The van der Waals surface area contributed by atoms with Gasteiger partial charge in [-0.15, -0.1) is 0 Å². The summed E-state index contributed by atoms with van der Waals surface area (Å²) in [5.41, 5.74) is 1.98. The molecule has 2 rings (SSSR count). The molecule has 4 nitrogen and oxygen atoms in total. The van der Waals surface area contributed by atoms with E-state index in [1.54, 1.807) is 19.2 Å². The van der Waals surface area contributed by atoms with Gasteiger partial charge in [0.25, 0.3) is 0 Å². The third kappa shape index (κ3) is 4.94. The van der Waals surface area contributed by atoms with Crippen molar-refractivity contribution in [3.63, 3.8) is 0 Å². The van der Waals surface area contributed by atoms with Crippen LogP contribution in [0.15, 0.2) is 36.4 Å². The number of hydrogen-bond donors (Lipinski definition) is 0. The van der Waals surface area contributed by atoms with E-state index < -0.39 is 0 Å². The minimum absolute atomic E-state index is 0.334. The van der Waals surface area contributed by atoms with Gasteiger partial charge in [-0.2, -0.15) is 5.26 Å². The molecule has 132 valence electrons. The minimum atomic E-state index is -0.346. The first kappa shape index (κ1) is 18.8. The number of hydrogen-bond acceptors (Lipinski definition) is 4. The van der Waals surface area contributed by atoms with E-state index in [-0.39, 0.29) is 5.82 Å². The highest BCUT2D eigenvalue weighted by atomic mass is 19.1. The van der Waals surface area contributed by atoms with Gasteiger partial charge in [0.2, 0.25) is 0 Å². The monoisotopic (exact) mass is 342 g/mol. The van der Waals surface area contributed by atoms with Crippen molar-refractivity contribution in [3.05, 3.63) is 58.9 Å². The van der Waals surface area contributed by atoms with Crippen molar-refractivity contribution in [2.45, 2.75) is 26.9 Å². The van der Waals surface area contributed by atoms with Crippen LogP contribution >= 0.6 is 0 Å². The summed E-state index contributed by atoms with van der Waals surface area (Å²) in [5.74, 6) is 1.07. The van der Waals surface area contributed by atoms with Gasteiger partial charge in [-0.1, -0.05) is 19.1 Å². The lowest BCUT2D eigenvalue weighted by Gasteiger charge is -2.21. The van der Waals surface area contributed by atoms with Crippen LogP contribution in [-0.4, -0.2) is 25.2 Å². The molecule has 0 aliphatic heterocycles. The van der Waals surface area contributed by atoms with E-state index in [1.807, 2.05) is 38.1 Å². The number of ether oxygens (including phenoxy) is 2. The third-order valence-electron chi connectivity index (χ3n) is 3.96. The molecule has 0 saturated carbocycles. The van der Waals surface area contributed by atoms with E-state index in [1.165, 1.54) is 6.07 Å². The maximum Gasteiger partial charge on any atom is 0.161 e.